The molecule has 12 heavy (non-hydrogen) atoms. The summed E-state index contributed by atoms with van der Waals surface area (Å²) in [4.78, 5) is 0. The van der Waals surface area contributed by atoms with E-state index in [1.165, 1.54) is 0 Å². The molecule has 0 saturated heterocycles. The monoisotopic (exact) mass is 169 g/mol. The molecule has 5 heteroatoms. The number of nitrogens with one attached hydrogen (secondary N) is 1. The van der Waals surface area contributed by atoms with E-state index >= 15 is 0 Å². The summed E-state index contributed by atoms with van der Waals surface area (Å²) in [6.45, 7) is 4.24. The summed E-state index contributed by atoms with van der Waals surface area (Å²) in [7, 11) is 0. The van der Waals surface area contributed by atoms with Gasteiger partial charge >= 0.3 is 0 Å². The first-order chi connectivity index (χ1) is 5.75. The minimum atomic E-state index is -0.0938. The van der Waals surface area contributed by atoms with Gasteiger partial charge in [-0.3, -0.25) is 0 Å². The Morgan fingerprint density at radius 3 is 2.83 bits per heavy atom. The van der Waals surface area contributed by atoms with Gasteiger partial charge in [0, 0.05) is 0 Å². The fraction of sp³-hybridized carbons (Fsp3) is 0.857. The zero-order chi connectivity index (χ0) is 8.97. The molecule has 2 atom stereocenters. The van der Waals surface area contributed by atoms with E-state index in [0.717, 1.165) is 12.8 Å². The van der Waals surface area contributed by atoms with Gasteiger partial charge in [-0.05, 0) is 12.3 Å². The van der Waals surface area contributed by atoms with Gasteiger partial charge in [-0.1, -0.05) is 25.5 Å². The van der Waals surface area contributed by atoms with Crippen LogP contribution in [0.15, 0.2) is 0 Å². The average molecular weight is 169 g/mol. The highest BCUT2D eigenvalue weighted by Gasteiger charge is 2.17. The number of hydrogen-bond donors (Lipinski definition) is 2. The normalized spacial score (nSPS) is 15.9. The van der Waals surface area contributed by atoms with E-state index < -0.39 is 0 Å². The molecule has 0 aliphatic heterocycles. The lowest BCUT2D eigenvalue weighted by atomic mass is 9.97. The standard InChI is InChI=1S/C7H15N5/c1-3-4-5(2)6(8)7-9-11-12-10-7/h5-6H,3-4,8H2,1-2H3,(H,9,10,11,12). The maximum atomic E-state index is 5.88. The third-order valence-electron chi connectivity index (χ3n) is 2.02. The van der Waals surface area contributed by atoms with E-state index in [4.69, 9.17) is 5.73 Å². The first kappa shape index (κ1) is 9.12. The van der Waals surface area contributed by atoms with Crippen LogP contribution in [0, 0.1) is 5.92 Å². The Morgan fingerprint density at radius 2 is 2.33 bits per heavy atom. The van der Waals surface area contributed by atoms with E-state index in [1.807, 2.05) is 0 Å². The molecule has 3 N–H and O–H groups in total. The second-order valence-corrected chi connectivity index (χ2v) is 3.06. The number of tetrazole rings is 1. The summed E-state index contributed by atoms with van der Waals surface area (Å²) >= 11 is 0. The van der Waals surface area contributed by atoms with Gasteiger partial charge in [0.2, 0.25) is 0 Å². The Hall–Kier alpha value is -0.970. The highest BCUT2D eigenvalue weighted by atomic mass is 15.5. The van der Waals surface area contributed by atoms with Crippen molar-refractivity contribution < 1.29 is 0 Å². The lowest BCUT2D eigenvalue weighted by molar-refractivity contribution is 0.418. The summed E-state index contributed by atoms with van der Waals surface area (Å²) in [5, 5.41) is 13.6. The molecule has 0 aromatic carbocycles. The van der Waals surface area contributed by atoms with Crippen LogP contribution >= 0.6 is 0 Å². The second-order valence-electron chi connectivity index (χ2n) is 3.06. The van der Waals surface area contributed by atoms with Crippen LogP contribution in [0.25, 0.3) is 0 Å². The SMILES string of the molecule is CCCC(C)C(N)c1nn[nH]n1. The van der Waals surface area contributed by atoms with Crippen LogP contribution in [-0.2, 0) is 0 Å². The molecule has 68 valence electrons. The van der Waals surface area contributed by atoms with E-state index in [0.29, 0.717) is 11.7 Å². The second kappa shape index (κ2) is 4.15. The summed E-state index contributed by atoms with van der Waals surface area (Å²) < 4.78 is 0. The van der Waals surface area contributed by atoms with Crippen molar-refractivity contribution in [2.75, 3.05) is 0 Å². The minimum Gasteiger partial charge on any atom is -0.321 e. The zero-order valence-corrected chi connectivity index (χ0v) is 7.49. The van der Waals surface area contributed by atoms with Gasteiger partial charge in [0.25, 0.3) is 0 Å². The van der Waals surface area contributed by atoms with Crippen LogP contribution < -0.4 is 5.73 Å². The Labute approximate surface area is 71.7 Å². The van der Waals surface area contributed by atoms with Crippen LogP contribution in [0.4, 0.5) is 0 Å². The topological polar surface area (TPSA) is 80.5 Å². The third-order valence-corrected chi connectivity index (χ3v) is 2.02. The van der Waals surface area contributed by atoms with Crippen molar-refractivity contribution in [3.8, 4) is 0 Å². The molecule has 5 nitrogen and oxygen atoms in total. The van der Waals surface area contributed by atoms with Crippen LogP contribution in [0.3, 0.4) is 0 Å². The first-order valence-corrected chi connectivity index (χ1v) is 4.24. The van der Waals surface area contributed by atoms with Crippen molar-refractivity contribution in [1.82, 2.24) is 20.6 Å². The van der Waals surface area contributed by atoms with Gasteiger partial charge in [-0.25, -0.2) is 0 Å². The quantitative estimate of drug-likeness (QED) is 0.693. The van der Waals surface area contributed by atoms with Crippen molar-refractivity contribution in [2.45, 2.75) is 32.7 Å². The Balaban J connectivity index is 2.53. The van der Waals surface area contributed by atoms with E-state index in [2.05, 4.69) is 34.5 Å². The molecule has 0 amide bonds. The van der Waals surface area contributed by atoms with E-state index in [9.17, 15) is 0 Å². The number of rotatable bonds is 4. The average Bonchev–Trinajstić information content (AvgIpc) is 2.55. The Bertz CT molecular complexity index is 208. The summed E-state index contributed by atoms with van der Waals surface area (Å²) in [5.74, 6) is 1.02. The molecule has 0 aliphatic rings. The zero-order valence-electron chi connectivity index (χ0n) is 7.49. The number of aromatic amines is 1. The lowest BCUT2D eigenvalue weighted by Gasteiger charge is -2.14. The van der Waals surface area contributed by atoms with Crippen molar-refractivity contribution >= 4 is 0 Å². The molecule has 0 saturated carbocycles. The van der Waals surface area contributed by atoms with Crippen LogP contribution in [-0.4, -0.2) is 20.6 Å². The van der Waals surface area contributed by atoms with Gasteiger partial charge in [0.1, 0.15) is 0 Å². The predicted octanol–water partition coefficient (Wildman–Crippen LogP) is 0.636. The van der Waals surface area contributed by atoms with Gasteiger partial charge < -0.3 is 5.73 Å². The third kappa shape index (κ3) is 2.01. The number of aromatic nitrogens is 4. The first-order valence-electron chi connectivity index (χ1n) is 4.24. The number of H-pyrrole nitrogens is 1. The number of hydrogen-bond acceptors (Lipinski definition) is 4. The lowest BCUT2D eigenvalue weighted by Crippen LogP contribution is -2.20. The van der Waals surface area contributed by atoms with Crippen molar-refractivity contribution in [2.24, 2.45) is 11.7 Å². The molecule has 1 heterocycles. The van der Waals surface area contributed by atoms with E-state index in [1.54, 1.807) is 0 Å². The molecule has 2 unspecified atom stereocenters. The van der Waals surface area contributed by atoms with Gasteiger partial charge in [0.15, 0.2) is 5.82 Å². The molecule has 0 aliphatic carbocycles. The summed E-state index contributed by atoms with van der Waals surface area (Å²) in [6.07, 6.45) is 2.22. The number of nitrogens with two attached hydrogens (primary N) is 1. The minimum absolute atomic E-state index is 0.0938. The Morgan fingerprint density at radius 1 is 1.58 bits per heavy atom. The van der Waals surface area contributed by atoms with Gasteiger partial charge in [-0.15, -0.1) is 10.2 Å². The maximum absolute atomic E-state index is 5.88. The van der Waals surface area contributed by atoms with Crippen LogP contribution in [0.5, 0.6) is 0 Å². The highest BCUT2D eigenvalue weighted by molar-refractivity contribution is 4.89. The molecule has 1 rings (SSSR count). The molecule has 0 fully saturated rings. The van der Waals surface area contributed by atoms with Crippen molar-refractivity contribution in [3.63, 3.8) is 0 Å². The smallest absolute Gasteiger partial charge is 0.191 e. The van der Waals surface area contributed by atoms with Crippen molar-refractivity contribution in [1.29, 1.82) is 0 Å². The van der Waals surface area contributed by atoms with Crippen LogP contribution in [0.1, 0.15) is 38.6 Å². The fourth-order valence-electron chi connectivity index (χ4n) is 1.20. The fourth-order valence-corrected chi connectivity index (χ4v) is 1.20. The molecule has 1 aromatic heterocycles. The van der Waals surface area contributed by atoms with Crippen LogP contribution in [0.2, 0.25) is 0 Å². The largest absolute Gasteiger partial charge is 0.321 e. The van der Waals surface area contributed by atoms with Gasteiger partial charge in [0.05, 0.1) is 6.04 Å². The summed E-state index contributed by atoms with van der Waals surface area (Å²) in [5.41, 5.74) is 5.88. The van der Waals surface area contributed by atoms with Gasteiger partial charge in [-0.2, -0.15) is 5.21 Å². The molecule has 0 bridgehead atoms. The number of nitrogens with zero attached hydrogens (tertiary/aromatic N) is 3. The molecule has 1 aromatic rings. The molecular weight excluding hydrogens is 154 g/mol. The molecule has 0 spiro atoms. The predicted molar refractivity (Wildman–Crippen MR) is 45.2 cm³/mol. The van der Waals surface area contributed by atoms with E-state index in [-0.39, 0.29) is 6.04 Å². The van der Waals surface area contributed by atoms with Crippen molar-refractivity contribution in [3.05, 3.63) is 5.82 Å². The maximum Gasteiger partial charge on any atom is 0.191 e. The highest BCUT2D eigenvalue weighted by Crippen LogP contribution is 2.18. The summed E-state index contributed by atoms with van der Waals surface area (Å²) in [6, 6.07) is -0.0938. The Kier molecular flexibility index (Phi) is 3.16. The molecular formula is C7H15N5. The molecule has 0 radical (unpaired) electrons.